The second-order valence-corrected chi connectivity index (χ2v) is 12.9. The average Bonchev–Trinajstić information content (AvgIpc) is 3.36. The van der Waals surface area contributed by atoms with Gasteiger partial charge in [-0.3, -0.25) is 34.2 Å². The van der Waals surface area contributed by atoms with Crippen molar-refractivity contribution in [2.24, 2.45) is 17.8 Å². The molecule has 2 heterocycles. The number of phenolic OH excluding ortho intramolecular Hbond substituents is 1. The number of amides is 4. The molecular weight excluding hydrogens is 628 g/mol. The number of hydrogen-bond donors (Lipinski definition) is 1. The fourth-order valence-corrected chi connectivity index (χ4v) is 8.35. The summed E-state index contributed by atoms with van der Waals surface area (Å²) < 4.78 is 13.8. The van der Waals surface area contributed by atoms with E-state index < -0.39 is 67.8 Å². The standard InChI is InChI=1S/C32H22Cl2FN3O7/c33-31-15-24-22(13-14-23-25(24)28(41)36(27(23)40)18-7-9-20(10-8-18)38(44)45)26(16-1-11-21(39)12-2-16)32(31,34)30(43)37(29(31)42)19-5-3-17(35)4-6-19/h1-13,23-26,39H,14-15H2/t23-,24+,25-,26-,31+,32-/m0/s1. The number of rotatable bonds is 4. The number of benzene rings is 3. The normalized spacial score (nSPS) is 30.6. The Morgan fingerprint density at radius 2 is 1.42 bits per heavy atom. The highest BCUT2D eigenvalue weighted by Gasteiger charge is 2.76. The number of nitro benzene ring substituents is 1. The number of allylic oxidation sites excluding steroid dienone is 2. The summed E-state index contributed by atoms with van der Waals surface area (Å²) in [6.07, 6.45) is 1.65. The second kappa shape index (κ2) is 9.95. The van der Waals surface area contributed by atoms with Crippen LogP contribution < -0.4 is 9.80 Å². The third-order valence-corrected chi connectivity index (χ3v) is 10.9. The number of hydrogen-bond acceptors (Lipinski definition) is 7. The van der Waals surface area contributed by atoms with Gasteiger partial charge >= 0.3 is 0 Å². The average molecular weight is 650 g/mol. The Morgan fingerprint density at radius 1 is 0.822 bits per heavy atom. The quantitative estimate of drug-likeness (QED) is 0.135. The van der Waals surface area contributed by atoms with Gasteiger partial charge in [-0.05, 0) is 72.9 Å². The minimum Gasteiger partial charge on any atom is -0.508 e. The first-order valence-corrected chi connectivity index (χ1v) is 14.8. The van der Waals surface area contributed by atoms with Crippen molar-refractivity contribution >= 4 is 63.9 Å². The molecule has 3 fully saturated rings. The number of carbonyl (C=O) groups is 4. The summed E-state index contributed by atoms with van der Waals surface area (Å²) in [6, 6.07) is 15.7. The number of anilines is 2. The molecule has 0 aromatic heterocycles. The monoisotopic (exact) mass is 649 g/mol. The van der Waals surface area contributed by atoms with Crippen molar-refractivity contribution in [3.63, 3.8) is 0 Å². The van der Waals surface area contributed by atoms with E-state index in [-0.39, 0.29) is 35.7 Å². The highest BCUT2D eigenvalue weighted by molar-refractivity contribution is 6.58. The summed E-state index contributed by atoms with van der Waals surface area (Å²) in [7, 11) is 0. The maximum Gasteiger partial charge on any atom is 0.269 e. The molecule has 0 unspecified atom stereocenters. The maximum atomic E-state index is 14.3. The fourth-order valence-electron chi connectivity index (χ4n) is 7.42. The van der Waals surface area contributed by atoms with Crippen molar-refractivity contribution in [3.8, 4) is 5.75 Å². The summed E-state index contributed by atoms with van der Waals surface area (Å²) >= 11 is 14.6. The van der Waals surface area contributed by atoms with Crippen molar-refractivity contribution in [2.45, 2.75) is 28.5 Å². The number of imide groups is 2. The van der Waals surface area contributed by atoms with Gasteiger partial charge in [0.15, 0.2) is 9.75 Å². The molecule has 4 aliphatic rings. The van der Waals surface area contributed by atoms with Crippen molar-refractivity contribution < 1.29 is 33.6 Å². The first-order chi connectivity index (χ1) is 21.4. The first kappa shape index (κ1) is 29.1. The molecule has 7 rings (SSSR count). The van der Waals surface area contributed by atoms with Crippen molar-refractivity contribution in [1.82, 2.24) is 0 Å². The Labute approximate surface area is 264 Å². The van der Waals surface area contributed by atoms with Gasteiger partial charge in [0.2, 0.25) is 11.8 Å². The van der Waals surface area contributed by atoms with Crippen molar-refractivity contribution in [2.75, 3.05) is 9.80 Å². The molecule has 1 saturated carbocycles. The summed E-state index contributed by atoms with van der Waals surface area (Å²) in [5.41, 5.74) is 1.03. The number of aromatic hydroxyl groups is 1. The molecule has 2 saturated heterocycles. The van der Waals surface area contributed by atoms with Gasteiger partial charge in [0.05, 0.1) is 28.1 Å². The van der Waals surface area contributed by atoms with Crippen molar-refractivity contribution in [1.29, 1.82) is 0 Å². The molecule has 0 bridgehead atoms. The van der Waals surface area contributed by atoms with Gasteiger partial charge in [0.1, 0.15) is 11.6 Å². The largest absolute Gasteiger partial charge is 0.508 e. The van der Waals surface area contributed by atoms with Crippen LogP contribution in [-0.4, -0.2) is 43.4 Å². The van der Waals surface area contributed by atoms with Crippen LogP contribution in [0.5, 0.6) is 5.75 Å². The topological polar surface area (TPSA) is 138 Å². The molecule has 3 aromatic carbocycles. The van der Waals surface area contributed by atoms with E-state index >= 15 is 0 Å². The van der Waals surface area contributed by atoms with E-state index in [1.54, 1.807) is 18.2 Å². The van der Waals surface area contributed by atoms with Crippen LogP contribution >= 0.6 is 23.2 Å². The van der Waals surface area contributed by atoms with Gasteiger partial charge in [0, 0.05) is 18.1 Å². The molecule has 3 aromatic rings. The van der Waals surface area contributed by atoms with Crippen LogP contribution in [0, 0.1) is 33.7 Å². The van der Waals surface area contributed by atoms with Crippen LogP contribution in [0.15, 0.2) is 84.4 Å². The number of nitrogens with zero attached hydrogens (tertiary/aromatic N) is 3. The number of alkyl halides is 2. The van der Waals surface area contributed by atoms with Gasteiger partial charge in [-0.2, -0.15) is 0 Å². The van der Waals surface area contributed by atoms with Crippen molar-refractivity contribution in [3.05, 3.63) is 106 Å². The van der Waals surface area contributed by atoms with Gasteiger partial charge in [-0.15, -0.1) is 23.2 Å². The highest BCUT2D eigenvalue weighted by atomic mass is 35.5. The summed E-state index contributed by atoms with van der Waals surface area (Å²) in [6.45, 7) is 0. The minimum absolute atomic E-state index is 0.0540. The molecule has 45 heavy (non-hydrogen) atoms. The number of carbonyl (C=O) groups excluding carboxylic acids is 4. The molecular formula is C32H22Cl2FN3O7. The number of fused-ring (bicyclic) bond motifs is 4. The summed E-state index contributed by atoms with van der Waals surface area (Å²) in [5, 5.41) is 21.2. The smallest absolute Gasteiger partial charge is 0.269 e. The summed E-state index contributed by atoms with van der Waals surface area (Å²) in [4.78, 5) is 64.5. The second-order valence-electron chi connectivity index (χ2n) is 11.6. The molecule has 228 valence electrons. The van der Waals surface area contributed by atoms with Gasteiger partial charge in [-0.25, -0.2) is 9.29 Å². The molecule has 13 heteroatoms. The van der Waals surface area contributed by atoms with E-state index in [0.29, 0.717) is 11.1 Å². The lowest BCUT2D eigenvalue weighted by Gasteiger charge is -2.50. The van der Waals surface area contributed by atoms with Crippen LogP contribution in [0.25, 0.3) is 0 Å². The van der Waals surface area contributed by atoms with E-state index in [4.69, 9.17) is 23.2 Å². The van der Waals surface area contributed by atoms with Crippen LogP contribution in [0.1, 0.15) is 24.3 Å². The third-order valence-electron chi connectivity index (χ3n) is 9.44. The number of nitro groups is 1. The first-order valence-electron chi connectivity index (χ1n) is 14.0. The fraction of sp³-hybridized carbons (Fsp3) is 0.250. The van der Waals surface area contributed by atoms with Gasteiger partial charge in [-0.1, -0.05) is 23.8 Å². The molecule has 0 spiro atoms. The van der Waals surface area contributed by atoms with Gasteiger partial charge in [0.25, 0.3) is 17.5 Å². The predicted octanol–water partition coefficient (Wildman–Crippen LogP) is 5.21. The number of halogens is 3. The predicted molar refractivity (Wildman–Crippen MR) is 160 cm³/mol. The van der Waals surface area contributed by atoms with E-state index in [1.165, 1.54) is 48.5 Å². The number of phenols is 1. The molecule has 4 amide bonds. The lowest BCUT2D eigenvalue weighted by atomic mass is 9.56. The van der Waals surface area contributed by atoms with E-state index in [0.717, 1.165) is 21.9 Å². The Morgan fingerprint density at radius 3 is 2.04 bits per heavy atom. The van der Waals surface area contributed by atoms with Crippen LogP contribution in [-0.2, 0) is 19.2 Å². The third kappa shape index (κ3) is 3.93. The maximum absolute atomic E-state index is 14.3. The van der Waals surface area contributed by atoms with E-state index in [9.17, 15) is 38.8 Å². The summed E-state index contributed by atoms with van der Waals surface area (Å²) in [5.74, 6) is -6.98. The van der Waals surface area contributed by atoms with E-state index in [1.807, 2.05) is 0 Å². The van der Waals surface area contributed by atoms with E-state index in [2.05, 4.69) is 0 Å². The molecule has 2 aliphatic heterocycles. The molecule has 1 N–H and O–H groups in total. The molecule has 6 atom stereocenters. The zero-order valence-corrected chi connectivity index (χ0v) is 24.6. The molecule has 2 aliphatic carbocycles. The minimum atomic E-state index is -2.09. The SMILES string of the molecule is O=C1[C@H]2[C@H](CC=C3[C@H]2C[C@@]2(Cl)C(=O)N(c4ccc(F)cc4)C(=O)[C@@]2(Cl)[C@H]3c2ccc(O)cc2)C(=O)N1c1ccc([N+](=O)[O-])cc1. The zero-order chi connectivity index (χ0) is 32.0. The Kier molecular flexibility index (Phi) is 6.44. The highest BCUT2D eigenvalue weighted by Crippen LogP contribution is 2.66. The Hall–Kier alpha value is -4.61. The van der Waals surface area contributed by atoms with Gasteiger partial charge < -0.3 is 5.11 Å². The lowest BCUT2D eigenvalue weighted by Crippen LogP contribution is -2.60. The number of non-ortho nitro benzene ring substituents is 1. The van der Waals surface area contributed by atoms with Crippen LogP contribution in [0.3, 0.4) is 0 Å². The zero-order valence-electron chi connectivity index (χ0n) is 23.1. The molecule has 10 nitrogen and oxygen atoms in total. The van der Waals surface area contributed by atoms with Crippen LogP contribution in [0.2, 0.25) is 0 Å². The lowest BCUT2D eigenvalue weighted by molar-refractivity contribution is -0.384. The Bertz CT molecular complexity index is 1850. The molecule has 0 radical (unpaired) electrons. The van der Waals surface area contributed by atoms with Crippen LogP contribution in [0.4, 0.5) is 21.5 Å². The Balaban J connectivity index is 1.36.